The smallest absolute Gasteiger partial charge is 0.203 e. The van der Waals surface area contributed by atoms with Gasteiger partial charge in [0.15, 0.2) is 0 Å². The summed E-state index contributed by atoms with van der Waals surface area (Å²) in [6, 6.07) is 29.7. The van der Waals surface area contributed by atoms with Crippen molar-refractivity contribution in [3.63, 3.8) is 0 Å². The second-order valence-corrected chi connectivity index (χ2v) is 8.36. The zero-order valence-electron chi connectivity index (χ0n) is 16.4. The standard InChI is InChI=1S/C27H18O3S/c28-21-12-10-20(11-13-21)26(30)27-25(23-16-22(29)14-15-24(23)31-27)19-8-6-18(7-9-19)17-4-2-1-3-5-17/h1-16,28-29H. The molecule has 0 unspecified atom stereocenters. The predicted octanol–water partition coefficient (Wildman–Crippen LogP) is 6.88. The van der Waals surface area contributed by atoms with Crippen molar-refractivity contribution < 1.29 is 15.0 Å². The average molecular weight is 423 g/mol. The molecule has 0 aliphatic carbocycles. The van der Waals surface area contributed by atoms with Crippen molar-refractivity contribution in [1.29, 1.82) is 0 Å². The van der Waals surface area contributed by atoms with Gasteiger partial charge in [0.25, 0.3) is 0 Å². The Hall–Kier alpha value is -3.89. The van der Waals surface area contributed by atoms with Crippen LogP contribution in [-0.2, 0) is 0 Å². The number of fused-ring (bicyclic) bond motifs is 1. The topological polar surface area (TPSA) is 57.5 Å². The molecule has 5 aromatic rings. The third-order valence-electron chi connectivity index (χ3n) is 5.29. The Morgan fingerprint density at radius 2 is 1.26 bits per heavy atom. The summed E-state index contributed by atoms with van der Waals surface area (Å²) in [5.74, 6) is 0.174. The van der Waals surface area contributed by atoms with Gasteiger partial charge in [-0.25, -0.2) is 0 Å². The van der Waals surface area contributed by atoms with Gasteiger partial charge in [-0.05, 0) is 59.2 Å². The van der Waals surface area contributed by atoms with Gasteiger partial charge in [-0.2, -0.15) is 0 Å². The quantitative estimate of drug-likeness (QED) is 0.311. The summed E-state index contributed by atoms with van der Waals surface area (Å²) < 4.78 is 0.932. The Kier molecular flexibility index (Phi) is 4.77. The first kappa shape index (κ1) is 19.1. The molecule has 4 heteroatoms. The predicted molar refractivity (Wildman–Crippen MR) is 126 cm³/mol. The van der Waals surface area contributed by atoms with E-state index in [9.17, 15) is 15.0 Å². The highest BCUT2D eigenvalue weighted by Gasteiger charge is 2.21. The third kappa shape index (κ3) is 3.58. The van der Waals surface area contributed by atoms with Crippen LogP contribution in [0, 0.1) is 0 Å². The minimum absolute atomic E-state index is 0.108. The lowest BCUT2D eigenvalue weighted by molar-refractivity contribution is 0.104. The minimum atomic E-state index is -0.108. The number of carbonyl (C=O) groups is 1. The molecule has 0 atom stereocenters. The Labute approximate surface area is 183 Å². The van der Waals surface area contributed by atoms with Gasteiger partial charge in [0.05, 0.1) is 4.88 Å². The SMILES string of the molecule is O=C(c1ccc(O)cc1)c1sc2ccc(O)cc2c1-c1ccc(-c2ccccc2)cc1. The van der Waals surface area contributed by atoms with Crippen LogP contribution in [0.2, 0.25) is 0 Å². The lowest BCUT2D eigenvalue weighted by Crippen LogP contribution is -2.00. The third-order valence-corrected chi connectivity index (χ3v) is 6.46. The highest BCUT2D eigenvalue weighted by molar-refractivity contribution is 7.21. The average Bonchev–Trinajstić information content (AvgIpc) is 3.18. The minimum Gasteiger partial charge on any atom is -0.508 e. The molecular weight excluding hydrogens is 404 g/mol. The first-order chi connectivity index (χ1) is 15.1. The van der Waals surface area contributed by atoms with Crippen LogP contribution in [0.4, 0.5) is 0 Å². The Bertz CT molecular complexity index is 1380. The Balaban J connectivity index is 1.66. The maximum atomic E-state index is 13.4. The molecular formula is C27H18O3S. The van der Waals surface area contributed by atoms with Crippen molar-refractivity contribution in [2.24, 2.45) is 0 Å². The molecule has 3 nitrogen and oxygen atoms in total. The number of rotatable bonds is 4. The second-order valence-electron chi connectivity index (χ2n) is 7.31. The van der Waals surface area contributed by atoms with Crippen LogP contribution in [0.5, 0.6) is 11.5 Å². The van der Waals surface area contributed by atoms with Crippen LogP contribution in [0.25, 0.3) is 32.3 Å². The molecule has 1 heterocycles. The zero-order valence-corrected chi connectivity index (χ0v) is 17.3. The van der Waals surface area contributed by atoms with Gasteiger partial charge in [0.2, 0.25) is 5.78 Å². The summed E-state index contributed by atoms with van der Waals surface area (Å²) in [7, 11) is 0. The second kappa shape index (κ2) is 7.74. The highest BCUT2D eigenvalue weighted by atomic mass is 32.1. The van der Waals surface area contributed by atoms with Gasteiger partial charge in [-0.15, -0.1) is 11.3 Å². The number of thiophene rings is 1. The molecule has 0 saturated heterocycles. The molecule has 0 aliphatic heterocycles. The van der Waals surface area contributed by atoms with Crippen molar-refractivity contribution >= 4 is 27.2 Å². The summed E-state index contributed by atoms with van der Waals surface area (Å²) in [5.41, 5.74) is 4.46. The number of hydrogen-bond donors (Lipinski definition) is 2. The van der Waals surface area contributed by atoms with Crippen LogP contribution in [0.3, 0.4) is 0 Å². The summed E-state index contributed by atoms with van der Waals surface area (Å²) in [5, 5.41) is 20.5. The number of ketones is 1. The van der Waals surface area contributed by atoms with Crippen molar-refractivity contribution in [1.82, 2.24) is 0 Å². The molecule has 0 aliphatic rings. The normalized spacial score (nSPS) is 11.0. The van der Waals surface area contributed by atoms with Crippen molar-refractivity contribution in [2.45, 2.75) is 0 Å². The van der Waals surface area contributed by atoms with E-state index < -0.39 is 0 Å². The molecule has 0 spiro atoms. The molecule has 150 valence electrons. The van der Waals surface area contributed by atoms with E-state index in [2.05, 4.69) is 12.1 Å². The highest BCUT2D eigenvalue weighted by Crippen LogP contribution is 2.41. The number of benzene rings is 4. The molecule has 31 heavy (non-hydrogen) atoms. The number of phenols is 2. The molecule has 2 N–H and O–H groups in total. The van der Waals surface area contributed by atoms with E-state index in [0.29, 0.717) is 10.4 Å². The van der Waals surface area contributed by atoms with E-state index in [4.69, 9.17) is 0 Å². The molecule has 0 fully saturated rings. The molecule has 0 radical (unpaired) electrons. The monoisotopic (exact) mass is 422 g/mol. The van der Waals surface area contributed by atoms with Gasteiger partial charge in [0, 0.05) is 21.2 Å². The van der Waals surface area contributed by atoms with Crippen molar-refractivity contribution in [3.8, 4) is 33.8 Å². The van der Waals surface area contributed by atoms with Crippen LogP contribution in [0.15, 0.2) is 97.1 Å². The van der Waals surface area contributed by atoms with Gasteiger partial charge < -0.3 is 10.2 Å². The molecule has 0 amide bonds. The first-order valence-corrected chi connectivity index (χ1v) is 10.7. The lowest BCUT2D eigenvalue weighted by atomic mass is 9.96. The van der Waals surface area contributed by atoms with Crippen molar-refractivity contribution in [2.75, 3.05) is 0 Å². The van der Waals surface area contributed by atoms with Crippen LogP contribution >= 0.6 is 11.3 Å². The maximum Gasteiger partial charge on any atom is 0.203 e. The van der Waals surface area contributed by atoms with Gasteiger partial charge >= 0.3 is 0 Å². The van der Waals surface area contributed by atoms with Gasteiger partial charge in [0.1, 0.15) is 11.5 Å². The van der Waals surface area contributed by atoms with E-state index in [1.54, 1.807) is 24.3 Å². The number of hydrogen-bond acceptors (Lipinski definition) is 4. The van der Waals surface area contributed by atoms with E-state index in [1.807, 2.05) is 48.5 Å². The van der Waals surface area contributed by atoms with Crippen LogP contribution in [0.1, 0.15) is 15.2 Å². The lowest BCUT2D eigenvalue weighted by Gasteiger charge is -2.08. The van der Waals surface area contributed by atoms with E-state index in [-0.39, 0.29) is 17.3 Å². The Morgan fingerprint density at radius 3 is 1.97 bits per heavy atom. The maximum absolute atomic E-state index is 13.4. The van der Waals surface area contributed by atoms with Gasteiger partial charge in [-0.3, -0.25) is 4.79 Å². The van der Waals surface area contributed by atoms with E-state index in [1.165, 1.54) is 23.5 Å². The molecule has 0 bridgehead atoms. The van der Waals surface area contributed by atoms with E-state index >= 15 is 0 Å². The number of aromatic hydroxyl groups is 2. The molecule has 0 saturated carbocycles. The fraction of sp³-hybridized carbons (Fsp3) is 0. The first-order valence-electron chi connectivity index (χ1n) is 9.85. The summed E-state index contributed by atoms with van der Waals surface area (Å²) in [6.45, 7) is 0. The summed E-state index contributed by atoms with van der Waals surface area (Å²) >= 11 is 1.41. The molecule has 1 aromatic heterocycles. The fourth-order valence-corrected chi connectivity index (χ4v) is 4.90. The molecule has 5 rings (SSSR count). The summed E-state index contributed by atoms with van der Waals surface area (Å²) in [6.07, 6.45) is 0. The number of phenolic OH excluding ortho intramolecular Hbond substituents is 2. The van der Waals surface area contributed by atoms with E-state index in [0.717, 1.165) is 32.3 Å². The van der Waals surface area contributed by atoms with Crippen LogP contribution in [-0.4, -0.2) is 16.0 Å². The Morgan fingerprint density at radius 1 is 0.645 bits per heavy atom. The number of carbonyl (C=O) groups excluding carboxylic acids is 1. The van der Waals surface area contributed by atoms with Gasteiger partial charge in [-0.1, -0.05) is 54.6 Å². The zero-order chi connectivity index (χ0) is 21.4. The van der Waals surface area contributed by atoms with Crippen LogP contribution < -0.4 is 0 Å². The fourth-order valence-electron chi connectivity index (χ4n) is 3.74. The summed E-state index contributed by atoms with van der Waals surface area (Å²) in [4.78, 5) is 14.0. The molecule has 4 aromatic carbocycles. The largest absolute Gasteiger partial charge is 0.508 e. The van der Waals surface area contributed by atoms with Crippen molar-refractivity contribution in [3.05, 3.63) is 108 Å².